The van der Waals surface area contributed by atoms with Crippen molar-refractivity contribution in [2.75, 3.05) is 0 Å². The van der Waals surface area contributed by atoms with E-state index in [4.69, 9.17) is 0 Å². The molecule has 3 saturated carbocycles. The molecule has 3 nitrogen and oxygen atoms in total. The highest BCUT2D eigenvalue weighted by Gasteiger charge is 2.40. The predicted octanol–water partition coefficient (Wildman–Crippen LogP) is 5.44. The molecule has 3 aliphatic carbocycles. The maximum absolute atomic E-state index is 10.2. The van der Waals surface area contributed by atoms with Crippen LogP contribution in [0.25, 0.3) is 0 Å². The van der Waals surface area contributed by atoms with E-state index in [9.17, 15) is 15.3 Å². The molecule has 0 radical (unpaired) electrons. The van der Waals surface area contributed by atoms with Crippen molar-refractivity contribution in [2.45, 2.75) is 122 Å². The van der Waals surface area contributed by atoms with E-state index in [1.54, 1.807) is 5.57 Å². The Hall–Kier alpha value is -0.640. The quantitative estimate of drug-likeness (QED) is 0.566. The van der Waals surface area contributed by atoms with Crippen LogP contribution < -0.4 is 0 Å². The minimum absolute atomic E-state index is 0.379. The van der Waals surface area contributed by atoms with Gasteiger partial charge < -0.3 is 15.3 Å². The number of aliphatic hydroxyl groups is 3. The molecule has 28 heavy (non-hydrogen) atoms. The number of hydrogen-bond donors (Lipinski definition) is 3. The van der Waals surface area contributed by atoms with Gasteiger partial charge in [0.1, 0.15) is 0 Å². The van der Waals surface area contributed by atoms with Crippen molar-refractivity contribution in [3.05, 3.63) is 23.3 Å². The van der Waals surface area contributed by atoms with Gasteiger partial charge in [0.2, 0.25) is 0 Å². The first-order chi connectivity index (χ1) is 13.3. The number of allylic oxidation sites excluding steroid dienone is 3. The van der Waals surface area contributed by atoms with Crippen molar-refractivity contribution >= 4 is 0 Å². The van der Waals surface area contributed by atoms with Crippen LogP contribution in [0.2, 0.25) is 0 Å². The van der Waals surface area contributed by atoms with E-state index < -0.39 is 5.60 Å². The summed E-state index contributed by atoms with van der Waals surface area (Å²) in [5, 5.41) is 30.0. The lowest BCUT2D eigenvalue weighted by molar-refractivity contribution is 0.0430. The average molecular weight is 391 g/mol. The molecule has 0 aromatic carbocycles. The summed E-state index contributed by atoms with van der Waals surface area (Å²) in [6, 6.07) is 0. The predicted molar refractivity (Wildman–Crippen MR) is 115 cm³/mol. The van der Waals surface area contributed by atoms with E-state index in [0.29, 0.717) is 11.8 Å². The van der Waals surface area contributed by atoms with E-state index in [-0.39, 0.29) is 12.2 Å². The Morgan fingerprint density at radius 3 is 2.54 bits per heavy atom. The van der Waals surface area contributed by atoms with E-state index in [1.165, 1.54) is 56.9 Å². The van der Waals surface area contributed by atoms with E-state index in [1.807, 2.05) is 6.92 Å². The Bertz CT molecular complexity index is 564. The summed E-state index contributed by atoms with van der Waals surface area (Å²) in [4.78, 5) is 0. The molecule has 3 rings (SSSR count). The lowest BCUT2D eigenvalue weighted by Crippen LogP contribution is -2.25. The largest absolute Gasteiger partial charge is 0.393 e. The van der Waals surface area contributed by atoms with Crippen molar-refractivity contribution in [2.24, 2.45) is 11.3 Å². The molecule has 0 saturated heterocycles. The zero-order chi connectivity index (χ0) is 20.2. The van der Waals surface area contributed by atoms with Crippen molar-refractivity contribution < 1.29 is 15.3 Å². The molecule has 0 aromatic rings. The van der Waals surface area contributed by atoms with Crippen LogP contribution in [-0.4, -0.2) is 33.1 Å². The number of hydrogen-bond acceptors (Lipinski definition) is 3. The monoisotopic (exact) mass is 390 g/mol. The lowest BCUT2D eigenvalue weighted by Gasteiger charge is -2.35. The Kier molecular flexibility index (Phi) is 7.44. The molecule has 0 aromatic heterocycles. The Morgan fingerprint density at radius 1 is 1.11 bits per heavy atom. The van der Waals surface area contributed by atoms with Crippen molar-refractivity contribution in [3.8, 4) is 0 Å². The van der Waals surface area contributed by atoms with Crippen LogP contribution >= 0.6 is 0 Å². The van der Waals surface area contributed by atoms with Gasteiger partial charge in [-0.15, -0.1) is 0 Å². The summed E-state index contributed by atoms with van der Waals surface area (Å²) in [5.74, 6) is 0.842. The second kappa shape index (κ2) is 9.45. The highest BCUT2D eigenvalue weighted by molar-refractivity contribution is 5.22. The van der Waals surface area contributed by atoms with Crippen molar-refractivity contribution in [1.82, 2.24) is 0 Å². The third-order valence-electron chi connectivity index (χ3n) is 7.80. The molecule has 5 atom stereocenters. The molecule has 0 aliphatic heterocycles. The first-order valence-corrected chi connectivity index (χ1v) is 11.8. The van der Waals surface area contributed by atoms with Crippen molar-refractivity contribution in [3.63, 3.8) is 0 Å². The van der Waals surface area contributed by atoms with Gasteiger partial charge in [0.15, 0.2) is 0 Å². The Balaban J connectivity index is 1.52. The SMILES string of the molecule is CCC(C)(O)CCC[C@@H]1CC[C@]2(CCC/C(=C\C=C3C[C@@H](O)C[C@H](O)C3)C2)C1. The van der Waals surface area contributed by atoms with Crippen LogP contribution in [-0.2, 0) is 0 Å². The summed E-state index contributed by atoms with van der Waals surface area (Å²) < 4.78 is 0. The molecule has 3 aliphatic rings. The standard InChI is InChI=1S/C25H42O3/c1-3-24(2,28)11-4-6-20-10-13-25(18-20)12-5-7-19(17-25)8-9-21-14-22(26)16-23(27)15-21/h8-9,20,22-23,26-28H,3-7,10-18H2,1-2H3/b19-8+/t20-,22-,23-,24?,25+/m1/s1. The first-order valence-electron chi connectivity index (χ1n) is 11.8. The van der Waals surface area contributed by atoms with E-state index >= 15 is 0 Å². The van der Waals surface area contributed by atoms with Crippen molar-refractivity contribution in [1.29, 1.82) is 0 Å². The van der Waals surface area contributed by atoms with Crippen LogP contribution in [0, 0.1) is 11.3 Å². The molecule has 0 heterocycles. The fourth-order valence-electron chi connectivity index (χ4n) is 5.94. The average Bonchev–Trinajstić information content (AvgIpc) is 3.01. The van der Waals surface area contributed by atoms with Gasteiger partial charge in [-0.2, -0.15) is 0 Å². The van der Waals surface area contributed by atoms with Gasteiger partial charge in [0, 0.05) is 0 Å². The number of aliphatic hydroxyl groups excluding tert-OH is 2. The smallest absolute Gasteiger partial charge is 0.0617 e. The van der Waals surface area contributed by atoms with Crippen LogP contribution in [0.1, 0.15) is 104 Å². The van der Waals surface area contributed by atoms with Gasteiger partial charge in [-0.1, -0.05) is 43.1 Å². The maximum Gasteiger partial charge on any atom is 0.0617 e. The minimum atomic E-state index is -0.481. The Morgan fingerprint density at radius 2 is 1.82 bits per heavy atom. The van der Waals surface area contributed by atoms with Crippen LogP contribution in [0.4, 0.5) is 0 Å². The van der Waals surface area contributed by atoms with Crippen LogP contribution in [0.5, 0.6) is 0 Å². The molecule has 3 fully saturated rings. The molecule has 0 amide bonds. The summed E-state index contributed by atoms with van der Waals surface area (Å²) >= 11 is 0. The van der Waals surface area contributed by atoms with Crippen LogP contribution in [0.15, 0.2) is 23.3 Å². The van der Waals surface area contributed by atoms with Gasteiger partial charge in [-0.25, -0.2) is 0 Å². The normalized spacial score (nSPS) is 37.4. The summed E-state index contributed by atoms with van der Waals surface area (Å²) in [7, 11) is 0. The highest BCUT2D eigenvalue weighted by atomic mass is 16.3. The number of rotatable bonds is 6. The van der Waals surface area contributed by atoms with Gasteiger partial charge in [-0.05, 0) is 95.3 Å². The molecule has 3 heteroatoms. The van der Waals surface area contributed by atoms with Gasteiger partial charge in [0.05, 0.1) is 17.8 Å². The highest BCUT2D eigenvalue weighted by Crippen LogP contribution is 2.53. The lowest BCUT2D eigenvalue weighted by atomic mass is 9.70. The van der Waals surface area contributed by atoms with Crippen LogP contribution in [0.3, 0.4) is 0 Å². The molecule has 3 N–H and O–H groups in total. The Labute approximate surface area is 171 Å². The summed E-state index contributed by atoms with van der Waals surface area (Å²) in [6.07, 6.45) is 19.1. The fraction of sp³-hybridized carbons (Fsp3) is 0.840. The third-order valence-corrected chi connectivity index (χ3v) is 7.80. The zero-order valence-electron chi connectivity index (χ0n) is 18.1. The van der Waals surface area contributed by atoms with Gasteiger partial charge in [-0.3, -0.25) is 0 Å². The molecular formula is C25H42O3. The summed E-state index contributed by atoms with van der Waals surface area (Å²) in [5.41, 5.74) is 2.81. The zero-order valence-corrected chi connectivity index (χ0v) is 18.1. The molecule has 1 unspecified atom stereocenters. The second-order valence-corrected chi connectivity index (χ2v) is 10.5. The van der Waals surface area contributed by atoms with E-state index in [0.717, 1.165) is 38.0 Å². The second-order valence-electron chi connectivity index (χ2n) is 10.5. The minimum Gasteiger partial charge on any atom is -0.393 e. The topological polar surface area (TPSA) is 60.7 Å². The van der Waals surface area contributed by atoms with E-state index in [2.05, 4.69) is 19.1 Å². The fourth-order valence-corrected chi connectivity index (χ4v) is 5.94. The molecule has 1 spiro atoms. The molecule has 160 valence electrons. The molecule has 0 bridgehead atoms. The molecular weight excluding hydrogens is 348 g/mol. The maximum atomic E-state index is 10.2. The van der Waals surface area contributed by atoms with Gasteiger partial charge >= 0.3 is 0 Å². The first kappa shape index (κ1) is 22.1. The van der Waals surface area contributed by atoms with Gasteiger partial charge in [0.25, 0.3) is 0 Å². The third kappa shape index (κ3) is 6.18. The summed E-state index contributed by atoms with van der Waals surface area (Å²) in [6.45, 7) is 4.05.